The van der Waals surface area contributed by atoms with E-state index in [9.17, 15) is 4.79 Å². The first kappa shape index (κ1) is 16.8. The number of nitrogens with zero attached hydrogens (tertiary/aromatic N) is 2. The fourth-order valence-corrected chi connectivity index (χ4v) is 4.37. The summed E-state index contributed by atoms with van der Waals surface area (Å²) in [6, 6.07) is 6.32. The Labute approximate surface area is 144 Å². The van der Waals surface area contributed by atoms with Crippen LogP contribution < -0.4 is 0 Å². The molecule has 1 amide bonds. The van der Waals surface area contributed by atoms with E-state index < -0.39 is 0 Å². The molecule has 2 aliphatic heterocycles. The summed E-state index contributed by atoms with van der Waals surface area (Å²) in [4.78, 5) is 17.3. The number of carbonyl (C=O) groups is 1. The molecule has 0 aliphatic carbocycles. The molecule has 2 fully saturated rings. The van der Waals surface area contributed by atoms with Crippen LogP contribution in [-0.2, 0) is 0 Å². The van der Waals surface area contributed by atoms with Gasteiger partial charge in [-0.2, -0.15) is 0 Å². The van der Waals surface area contributed by atoms with E-state index in [1.165, 1.54) is 25.8 Å². The van der Waals surface area contributed by atoms with Crippen molar-refractivity contribution in [3.8, 4) is 0 Å². The van der Waals surface area contributed by atoms with Gasteiger partial charge in [-0.3, -0.25) is 4.79 Å². The second kappa shape index (κ2) is 7.23. The van der Waals surface area contributed by atoms with Crippen LogP contribution in [0.5, 0.6) is 0 Å². The standard InChI is InChI=1S/C19H27ClN2O/c1-14-16(6-5-7-17(14)20)19(23)22-12-9-15(10-13-22)18-8-3-4-11-21(18)2/h5-7,15,18H,3-4,8-13H2,1-2H3. The number of hydrogen-bond acceptors (Lipinski definition) is 2. The van der Waals surface area contributed by atoms with Gasteiger partial charge >= 0.3 is 0 Å². The van der Waals surface area contributed by atoms with E-state index in [4.69, 9.17) is 11.6 Å². The van der Waals surface area contributed by atoms with E-state index in [-0.39, 0.29) is 5.91 Å². The minimum absolute atomic E-state index is 0.139. The molecule has 23 heavy (non-hydrogen) atoms. The SMILES string of the molecule is Cc1c(Cl)cccc1C(=O)N1CCC(C2CCCCN2C)CC1. The topological polar surface area (TPSA) is 23.6 Å². The van der Waals surface area contributed by atoms with Crippen LogP contribution in [0.4, 0.5) is 0 Å². The van der Waals surface area contributed by atoms with Crippen molar-refractivity contribution in [3.05, 3.63) is 34.3 Å². The van der Waals surface area contributed by atoms with Crippen molar-refractivity contribution in [1.29, 1.82) is 0 Å². The number of halogens is 1. The molecule has 0 spiro atoms. The van der Waals surface area contributed by atoms with Gasteiger partial charge in [-0.25, -0.2) is 0 Å². The molecule has 1 atom stereocenters. The lowest BCUT2D eigenvalue weighted by Crippen LogP contribution is -2.47. The predicted octanol–water partition coefficient (Wildman–Crippen LogP) is 3.98. The first-order valence-corrected chi connectivity index (χ1v) is 9.20. The van der Waals surface area contributed by atoms with Crippen molar-refractivity contribution in [2.24, 2.45) is 5.92 Å². The van der Waals surface area contributed by atoms with Crippen LogP contribution in [-0.4, -0.2) is 48.4 Å². The third-order valence-electron chi connectivity index (χ3n) is 5.70. The number of benzene rings is 1. The summed E-state index contributed by atoms with van der Waals surface area (Å²) in [6.45, 7) is 4.91. The highest BCUT2D eigenvalue weighted by atomic mass is 35.5. The van der Waals surface area contributed by atoms with E-state index in [0.717, 1.165) is 43.0 Å². The molecule has 0 bridgehead atoms. The Morgan fingerprint density at radius 3 is 2.57 bits per heavy atom. The van der Waals surface area contributed by atoms with Crippen LogP contribution in [0.15, 0.2) is 18.2 Å². The number of hydrogen-bond donors (Lipinski definition) is 0. The van der Waals surface area contributed by atoms with Crippen LogP contribution in [0, 0.1) is 12.8 Å². The average molecular weight is 335 g/mol. The average Bonchev–Trinajstić information content (AvgIpc) is 2.57. The smallest absolute Gasteiger partial charge is 0.254 e. The maximum absolute atomic E-state index is 12.8. The molecular weight excluding hydrogens is 308 g/mol. The minimum atomic E-state index is 0.139. The zero-order valence-electron chi connectivity index (χ0n) is 14.2. The number of carbonyl (C=O) groups excluding carboxylic acids is 1. The first-order valence-electron chi connectivity index (χ1n) is 8.82. The van der Waals surface area contributed by atoms with E-state index in [2.05, 4.69) is 11.9 Å². The summed E-state index contributed by atoms with van der Waals surface area (Å²) < 4.78 is 0. The van der Waals surface area contributed by atoms with Crippen LogP contribution in [0.3, 0.4) is 0 Å². The summed E-state index contributed by atoms with van der Waals surface area (Å²) in [5.74, 6) is 0.880. The first-order chi connectivity index (χ1) is 11.1. The largest absolute Gasteiger partial charge is 0.339 e. The number of rotatable bonds is 2. The Bertz CT molecular complexity index is 566. The molecule has 0 N–H and O–H groups in total. The Hall–Kier alpha value is -1.06. The molecule has 1 aromatic carbocycles. The number of amides is 1. The van der Waals surface area contributed by atoms with Gasteiger partial charge in [0.15, 0.2) is 0 Å². The van der Waals surface area contributed by atoms with Gasteiger partial charge in [-0.1, -0.05) is 24.1 Å². The molecule has 1 aromatic rings. The van der Waals surface area contributed by atoms with E-state index >= 15 is 0 Å². The van der Waals surface area contributed by atoms with Crippen molar-refractivity contribution in [2.45, 2.75) is 45.1 Å². The fourth-order valence-electron chi connectivity index (χ4n) is 4.19. The van der Waals surface area contributed by atoms with Gasteiger partial charge in [0.05, 0.1) is 0 Å². The molecule has 2 aliphatic rings. The maximum Gasteiger partial charge on any atom is 0.254 e. The highest BCUT2D eigenvalue weighted by Crippen LogP contribution is 2.30. The van der Waals surface area contributed by atoms with Gasteiger partial charge in [0.2, 0.25) is 0 Å². The second-order valence-electron chi connectivity index (χ2n) is 7.09. The van der Waals surface area contributed by atoms with Crippen LogP contribution in [0.25, 0.3) is 0 Å². The number of piperidine rings is 2. The van der Waals surface area contributed by atoms with Gasteiger partial charge in [0.1, 0.15) is 0 Å². The van der Waals surface area contributed by atoms with Gasteiger partial charge in [0, 0.05) is 29.7 Å². The van der Waals surface area contributed by atoms with Crippen molar-refractivity contribution in [1.82, 2.24) is 9.80 Å². The predicted molar refractivity (Wildman–Crippen MR) is 95.1 cm³/mol. The van der Waals surface area contributed by atoms with Crippen LogP contribution in [0.1, 0.15) is 48.0 Å². The van der Waals surface area contributed by atoms with Gasteiger partial charge in [-0.15, -0.1) is 0 Å². The molecule has 3 nitrogen and oxygen atoms in total. The molecular formula is C19H27ClN2O. The Kier molecular flexibility index (Phi) is 5.27. The minimum Gasteiger partial charge on any atom is -0.339 e. The second-order valence-corrected chi connectivity index (χ2v) is 7.49. The maximum atomic E-state index is 12.8. The summed E-state index contributed by atoms with van der Waals surface area (Å²) >= 11 is 6.16. The number of likely N-dealkylation sites (tertiary alicyclic amines) is 2. The molecule has 2 heterocycles. The lowest BCUT2D eigenvalue weighted by atomic mass is 9.84. The zero-order chi connectivity index (χ0) is 16.4. The quantitative estimate of drug-likeness (QED) is 0.816. The molecule has 126 valence electrons. The normalized spacial score (nSPS) is 24.0. The molecule has 3 rings (SSSR count). The highest BCUT2D eigenvalue weighted by Gasteiger charge is 2.32. The molecule has 2 saturated heterocycles. The van der Waals surface area contributed by atoms with Crippen molar-refractivity contribution >= 4 is 17.5 Å². The van der Waals surface area contributed by atoms with E-state index in [1.807, 2.05) is 30.0 Å². The van der Waals surface area contributed by atoms with Gasteiger partial charge in [-0.05, 0) is 69.8 Å². The summed E-state index contributed by atoms with van der Waals surface area (Å²) in [7, 11) is 2.26. The van der Waals surface area contributed by atoms with E-state index in [1.54, 1.807) is 0 Å². The van der Waals surface area contributed by atoms with Crippen molar-refractivity contribution < 1.29 is 4.79 Å². The Morgan fingerprint density at radius 2 is 1.87 bits per heavy atom. The van der Waals surface area contributed by atoms with Gasteiger partial charge < -0.3 is 9.80 Å². The molecule has 0 aromatic heterocycles. The van der Waals surface area contributed by atoms with E-state index in [0.29, 0.717) is 11.1 Å². The summed E-state index contributed by atoms with van der Waals surface area (Å²) in [5.41, 5.74) is 1.65. The Morgan fingerprint density at radius 1 is 1.13 bits per heavy atom. The molecule has 4 heteroatoms. The third kappa shape index (κ3) is 3.56. The molecule has 0 radical (unpaired) electrons. The summed E-state index contributed by atoms with van der Waals surface area (Å²) in [5, 5.41) is 0.676. The van der Waals surface area contributed by atoms with Crippen molar-refractivity contribution in [2.75, 3.05) is 26.7 Å². The van der Waals surface area contributed by atoms with Crippen LogP contribution in [0.2, 0.25) is 5.02 Å². The fraction of sp³-hybridized carbons (Fsp3) is 0.632. The monoisotopic (exact) mass is 334 g/mol. The van der Waals surface area contributed by atoms with Crippen molar-refractivity contribution in [3.63, 3.8) is 0 Å². The van der Waals surface area contributed by atoms with Crippen LogP contribution >= 0.6 is 11.6 Å². The molecule has 1 unspecified atom stereocenters. The summed E-state index contributed by atoms with van der Waals surface area (Å²) in [6.07, 6.45) is 6.26. The third-order valence-corrected chi connectivity index (χ3v) is 6.11. The zero-order valence-corrected chi connectivity index (χ0v) is 15.0. The molecule has 0 saturated carbocycles. The Balaban J connectivity index is 1.62. The lowest BCUT2D eigenvalue weighted by molar-refractivity contribution is 0.0554. The lowest BCUT2D eigenvalue weighted by Gasteiger charge is -2.42. The highest BCUT2D eigenvalue weighted by molar-refractivity contribution is 6.31. The van der Waals surface area contributed by atoms with Gasteiger partial charge in [0.25, 0.3) is 5.91 Å².